The molecule has 6 heteroatoms. The lowest BCUT2D eigenvalue weighted by molar-refractivity contribution is -0.132. The zero-order chi connectivity index (χ0) is 13.1. The summed E-state index contributed by atoms with van der Waals surface area (Å²) in [5.74, 6) is 0.381. The highest BCUT2D eigenvalue weighted by Crippen LogP contribution is 2.25. The van der Waals surface area contributed by atoms with Crippen LogP contribution in [-0.2, 0) is 0 Å². The maximum Gasteiger partial charge on any atom is 0.390 e. The molecule has 1 unspecified atom stereocenters. The molecule has 1 N–H and O–H groups in total. The van der Waals surface area contributed by atoms with Crippen LogP contribution in [0.1, 0.15) is 25.0 Å². The lowest BCUT2D eigenvalue weighted by atomic mass is 10.1. The standard InChI is InChI=1S/C11H15F3N2O/c1-8(17)9-4-3-6-15-10(9)16(2)7-5-11(12,13)14/h3-4,6,8,17H,5,7H2,1-2H3. The lowest BCUT2D eigenvalue weighted by Crippen LogP contribution is -2.26. The van der Waals surface area contributed by atoms with Crippen LogP contribution in [0.5, 0.6) is 0 Å². The molecule has 96 valence electrons. The summed E-state index contributed by atoms with van der Waals surface area (Å²) in [6, 6.07) is 3.29. The Labute approximate surface area is 97.9 Å². The normalized spacial score (nSPS) is 13.5. The molecule has 1 aromatic heterocycles. The quantitative estimate of drug-likeness (QED) is 0.889. The van der Waals surface area contributed by atoms with Crippen molar-refractivity contribution in [1.82, 2.24) is 4.98 Å². The molecule has 0 saturated carbocycles. The van der Waals surface area contributed by atoms with E-state index in [1.54, 1.807) is 19.1 Å². The number of aliphatic hydroxyl groups excluding tert-OH is 1. The summed E-state index contributed by atoms with van der Waals surface area (Å²) in [6.45, 7) is 1.37. The van der Waals surface area contributed by atoms with Crippen molar-refractivity contribution in [3.63, 3.8) is 0 Å². The fourth-order valence-corrected chi connectivity index (χ4v) is 1.45. The maximum absolute atomic E-state index is 12.1. The van der Waals surface area contributed by atoms with E-state index in [0.717, 1.165) is 0 Å². The van der Waals surface area contributed by atoms with Crippen LogP contribution in [0.15, 0.2) is 18.3 Å². The molecule has 0 spiro atoms. The van der Waals surface area contributed by atoms with Crippen molar-refractivity contribution in [3.05, 3.63) is 23.9 Å². The largest absolute Gasteiger partial charge is 0.390 e. The third-order valence-electron chi connectivity index (χ3n) is 2.36. The van der Waals surface area contributed by atoms with Gasteiger partial charge in [0.1, 0.15) is 5.82 Å². The highest BCUT2D eigenvalue weighted by atomic mass is 19.4. The highest BCUT2D eigenvalue weighted by Gasteiger charge is 2.27. The van der Waals surface area contributed by atoms with Gasteiger partial charge in [-0.1, -0.05) is 6.07 Å². The molecule has 3 nitrogen and oxygen atoms in total. The first-order valence-corrected chi connectivity index (χ1v) is 5.22. The average Bonchev–Trinajstić information content (AvgIpc) is 2.25. The number of hydrogen-bond donors (Lipinski definition) is 1. The van der Waals surface area contributed by atoms with Gasteiger partial charge < -0.3 is 10.0 Å². The number of rotatable bonds is 4. The molecule has 0 aromatic carbocycles. The molecule has 0 aliphatic rings. The zero-order valence-electron chi connectivity index (χ0n) is 9.70. The van der Waals surface area contributed by atoms with Gasteiger partial charge in [-0.05, 0) is 13.0 Å². The topological polar surface area (TPSA) is 36.4 Å². The number of aromatic nitrogens is 1. The average molecular weight is 248 g/mol. The lowest BCUT2D eigenvalue weighted by Gasteiger charge is -2.22. The van der Waals surface area contributed by atoms with Crippen LogP contribution in [0.3, 0.4) is 0 Å². The third-order valence-corrected chi connectivity index (χ3v) is 2.36. The van der Waals surface area contributed by atoms with Gasteiger partial charge in [-0.15, -0.1) is 0 Å². The molecule has 0 saturated heterocycles. The first-order valence-electron chi connectivity index (χ1n) is 5.22. The fraction of sp³-hybridized carbons (Fsp3) is 0.545. The van der Waals surface area contributed by atoms with Crippen molar-refractivity contribution in [1.29, 1.82) is 0 Å². The second-order valence-corrected chi connectivity index (χ2v) is 3.88. The van der Waals surface area contributed by atoms with Gasteiger partial charge in [-0.3, -0.25) is 0 Å². The van der Waals surface area contributed by atoms with E-state index < -0.39 is 18.7 Å². The van der Waals surface area contributed by atoms with Crippen molar-refractivity contribution in [2.24, 2.45) is 0 Å². The van der Waals surface area contributed by atoms with E-state index >= 15 is 0 Å². The summed E-state index contributed by atoms with van der Waals surface area (Å²) in [6.07, 6.45) is -4.36. The van der Waals surface area contributed by atoms with E-state index in [1.165, 1.54) is 18.1 Å². The van der Waals surface area contributed by atoms with Crippen molar-refractivity contribution < 1.29 is 18.3 Å². The molecule has 0 fully saturated rings. The summed E-state index contributed by atoms with van der Waals surface area (Å²) >= 11 is 0. The van der Waals surface area contributed by atoms with Gasteiger partial charge in [0.2, 0.25) is 0 Å². The molecule has 0 radical (unpaired) electrons. The van der Waals surface area contributed by atoms with Gasteiger partial charge in [0.15, 0.2) is 0 Å². The first kappa shape index (κ1) is 13.8. The maximum atomic E-state index is 12.1. The van der Waals surface area contributed by atoms with Crippen molar-refractivity contribution in [2.75, 3.05) is 18.5 Å². The van der Waals surface area contributed by atoms with Crippen LogP contribution in [0, 0.1) is 0 Å². The molecule has 1 aromatic rings. The molecule has 0 bridgehead atoms. The van der Waals surface area contributed by atoms with Gasteiger partial charge in [-0.2, -0.15) is 13.2 Å². The first-order chi connectivity index (χ1) is 7.81. The van der Waals surface area contributed by atoms with Crippen molar-refractivity contribution in [3.8, 4) is 0 Å². The number of pyridine rings is 1. The molecule has 0 aliphatic carbocycles. The highest BCUT2D eigenvalue weighted by molar-refractivity contribution is 5.46. The second kappa shape index (κ2) is 5.35. The Kier molecular flexibility index (Phi) is 4.34. The number of aliphatic hydroxyl groups is 1. The number of nitrogens with zero attached hydrogens (tertiary/aromatic N) is 2. The number of hydrogen-bond acceptors (Lipinski definition) is 3. The minimum atomic E-state index is -4.19. The number of anilines is 1. The van der Waals surface area contributed by atoms with Gasteiger partial charge in [0, 0.05) is 25.4 Å². The molecular weight excluding hydrogens is 233 g/mol. The fourth-order valence-electron chi connectivity index (χ4n) is 1.45. The van der Waals surface area contributed by atoms with Crippen LogP contribution >= 0.6 is 0 Å². The van der Waals surface area contributed by atoms with Crippen molar-refractivity contribution in [2.45, 2.75) is 25.6 Å². The monoisotopic (exact) mass is 248 g/mol. The molecule has 0 aliphatic heterocycles. The summed E-state index contributed by atoms with van der Waals surface area (Å²) in [5.41, 5.74) is 0.525. The predicted molar refractivity (Wildman–Crippen MR) is 58.8 cm³/mol. The Hall–Kier alpha value is -1.30. The van der Waals surface area contributed by atoms with Gasteiger partial charge in [-0.25, -0.2) is 4.98 Å². The minimum Gasteiger partial charge on any atom is -0.389 e. The summed E-state index contributed by atoms with van der Waals surface area (Å²) in [7, 11) is 1.53. The minimum absolute atomic E-state index is 0.180. The van der Waals surface area contributed by atoms with E-state index in [9.17, 15) is 18.3 Å². The van der Waals surface area contributed by atoms with E-state index in [-0.39, 0.29) is 6.54 Å². The van der Waals surface area contributed by atoms with Gasteiger partial charge in [0.05, 0.1) is 12.5 Å². The molecule has 1 atom stereocenters. The number of alkyl halides is 3. The third kappa shape index (κ3) is 4.22. The molecule has 17 heavy (non-hydrogen) atoms. The zero-order valence-corrected chi connectivity index (χ0v) is 9.70. The Morgan fingerprint density at radius 1 is 1.47 bits per heavy atom. The molecule has 1 rings (SSSR count). The van der Waals surface area contributed by atoms with Crippen molar-refractivity contribution >= 4 is 5.82 Å². The SMILES string of the molecule is CC(O)c1cccnc1N(C)CCC(F)(F)F. The smallest absolute Gasteiger partial charge is 0.389 e. The summed E-state index contributed by atoms with van der Waals surface area (Å²) in [4.78, 5) is 5.40. The summed E-state index contributed by atoms with van der Waals surface area (Å²) < 4.78 is 36.3. The van der Waals surface area contributed by atoms with E-state index in [2.05, 4.69) is 4.98 Å². The van der Waals surface area contributed by atoms with E-state index in [4.69, 9.17) is 0 Å². The van der Waals surface area contributed by atoms with Gasteiger partial charge >= 0.3 is 6.18 Å². The van der Waals surface area contributed by atoms with E-state index in [0.29, 0.717) is 11.4 Å². The number of halogens is 3. The summed E-state index contributed by atoms with van der Waals surface area (Å²) in [5, 5.41) is 9.49. The van der Waals surface area contributed by atoms with Gasteiger partial charge in [0.25, 0.3) is 0 Å². The Balaban J connectivity index is 2.78. The van der Waals surface area contributed by atoms with Crippen LogP contribution in [0.4, 0.5) is 19.0 Å². The Morgan fingerprint density at radius 3 is 2.65 bits per heavy atom. The second-order valence-electron chi connectivity index (χ2n) is 3.88. The molecular formula is C11H15F3N2O. The Morgan fingerprint density at radius 2 is 2.12 bits per heavy atom. The Bertz CT molecular complexity index is 366. The van der Waals surface area contributed by atoms with Crippen LogP contribution in [0.25, 0.3) is 0 Å². The molecule has 0 amide bonds. The molecule has 1 heterocycles. The van der Waals surface area contributed by atoms with Crippen LogP contribution in [0.2, 0.25) is 0 Å². The van der Waals surface area contributed by atoms with E-state index in [1.807, 2.05) is 0 Å². The van der Waals surface area contributed by atoms with Crippen LogP contribution in [-0.4, -0.2) is 29.9 Å². The van der Waals surface area contributed by atoms with Crippen LogP contribution < -0.4 is 4.90 Å². The predicted octanol–water partition coefficient (Wildman–Crippen LogP) is 2.52.